The first-order valence-corrected chi connectivity index (χ1v) is 25.4. The van der Waals surface area contributed by atoms with Gasteiger partial charge in [-0.05, 0) is 124 Å². The molecule has 18 heteroatoms. The standard InChI is InChI=1S/C47H83N3O14S/c1-15-21-49-26-47(55)32(8)60-37(24-45(47,10)58-13)63-38-29(5)41(64-43-39(35(48-12)22-28(4)59-43)61-33-17-19-34(20-18-33)65(14,56)57)44(9,53)23-27(3)25-50-31(7)40(51)46(11,54)36(16-2)62-42(52)30(38)6/h17-20,27-32,35-41,43,48-51,53-55H,15-16,21-26H2,1-14H3/t27-,28-,29+,30-,31-,32+,35+,36-,37+,38+,39-,40-,41-,43+,44-,45-,46-,47+/m1/s1. The summed E-state index contributed by atoms with van der Waals surface area (Å²) in [6, 6.07) is 5.15. The van der Waals surface area contributed by atoms with Crippen LogP contribution in [0.5, 0.6) is 5.75 Å². The van der Waals surface area contributed by atoms with Crippen LogP contribution in [0.1, 0.15) is 108 Å². The zero-order chi connectivity index (χ0) is 48.9. The number of ether oxygens (including phenoxy) is 7. The predicted octanol–water partition coefficient (Wildman–Crippen LogP) is 3.08. The van der Waals surface area contributed by atoms with Crippen LogP contribution in [0.4, 0.5) is 0 Å². The van der Waals surface area contributed by atoms with Crippen LogP contribution < -0.4 is 20.7 Å². The molecule has 0 aromatic heterocycles. The smallest absolute Gasteiger partial charge is 0.311 e. The van der Waals surface area contributed by atoms with Gasteiger partial charge in [0.05, 0.1) is 46.9 Å². The van der Waals surface area contributed by atoms with Crippen LogP contribution in [0.15, 0.2) is 29.2 Å². The van der Waals surface area contributed by atoms with Crippen molar-refractivity contribution in [3.63, 3.8) is 0 Å². The molecule has 3 heterocycles. The fraction of sp³-hybridized carbons (Fsp3) is 0.851. The van der Waals surface area contributed by atoms with E-state index in [1.807, 2.05) is 27.7 Å². The van der Waals surface area contributed by atoms with Gasteiger partial charge in [0.15, 0.2) is 28.5 Å². The van der Waals surface area contributed by atoms with Gasteiger partial charge in [-0.1, -0.05) is 27.7 Å². The average Bonchev–Trinajstić information content (AvgIpc) is 3.24. The van der Waals surface area contributed by atoms with Gasteiger partial charge < -0.3 is 69.5 Å². The minimum atomic E-state index is -3.47. The molecule has 0 saturated carbocycles. The second-order valence-electron chi connectivity index (χ2n) is 19.9. The fourth-order valence-corrected chi connectivity index (χ4v) is 10.7. The molecule has 3 aliphatic heterocycles. The maximum absolute atomic E-state index is 14.6. The first-order chi connectivity index (χ1) is 30.2. The van der Waals surface area contributed by atoms with Gasteiger partial charge in [0.25, 0.3) is 0 Å². The Hall–Kier alpha value is -2.04. The van der Waals surface area contributed by atoms with Gasteiger partial charge in [0.2, 0.25) is 0 Å². The van der Waals surface area contributed by atoms with Crippen LogP contribution in [0.3, 0.4) is 0 Å². The highest BCUT2D eigenvalue weighted by Gasteiger charge is 2.58. The highest BCUT2D eigenvalue weighted by Crippen LogP contribution is 2.43. The van der Waals surface area contributed by atoms with Gasteiger partial charge in [-0.25, -0.2) is 8.42 Å². The Balaban J connectivity index is 1.85. The molecule has 17 nitrogen and oxygen atoms in total. The van der Waals surface area contributed by atoms with Crippen molar-refractivity contribution in [1.82, 2.24) is 16.0 Å². The van der Waals surface area contributed by atoms with E-state index in [9.17, 15) is 33.6 Å². The molecule has 4 rings (SSSR count). The Bertz CT molecular complexity index is 1770. The number of sulfone groups is 1. The molecule has 0 unspecified atom stereocenters. The van der Waals surface area contributed by atoms with Crippen LogP contribution in [-0.4, -0.2) is 165 Å². The molecule has 3 saturated heterocycles. The second-order valence-corrected chi connectivity index (χ2v) is 21.9. The Morgan fingerprint density at radius 1 is 0.938 bits per heavy atom. The van der Waals surface area contributed by atoms with E-state index in [0.717, 1.165) is 12.7 Å². The predicted molar refractivity (Wildman–Crippen MR) is 245 cm³/mol. The molecule has 1 aromatic rings. The quantitative estimate of drug-likeness (QED) is 0.105. The molecule has 0 bridgehead atoms. The van der Waals surface area contributed by atoms with E-state index in [1.165, 1.54) is 26.2 Å². The van der Waals surface area contributed by atoms with Crippen molar-refractivity contribution in [3.8, 4) is 5.75 Å². The van der Waals surface area contributed by atoms with E-state index in [0.29, 0.717) is 25.3 Å². The van der Waals surface area contributed by atoms with Crippen LogP contribution in [0.2, 0.25) is 0 Å². The maximum atomic E-state index is 14.6. The summed E-state index contributed by atoms with van der Waals surface area (Å²) in [5.74, 6) is -2.47. The zero-order valence-corrected chi connectivity index (χ0v) is 42.1. The monoisotopic (exact) mass is 946 g/mol. The molecule has 0 radical (unpaired) electrons. The summed E-state index contributed by atoms with van der Waals surface area (Å²) in [4.78, 5) is 14.7. The Morgan fingerprint density at radius 2 is 1.58 bits per heavy atom. The number of carbonyl (C=O) groups excluding carboxylic acids is 1. The van der Waals surface area contributed by atoms with Crippen molar-refractivity contribution in [1.29, 1.82) is 0 Å². The van der Waals surface area contributed by atoms with Crippen molar-refractivity contribution < 1.29 is 66.8 Å². The van der Waals surface area contributed by atoms with Crippen LogP contribution in [-0.2, 0) is 43.1 Å². The number of rotatable bonds is 14. The van der Waals surface area contributed by atoms with E-state index in [-0.39, 0.29) is 48.8 Å². The molecule has 1 aromatic carbocycles. The Labute approximate surface area is 388 Å². The van der Waals surface area contributed by atoms with E-state index < -0.39 is 105 Å². The van der Waals surface area contributed by atoms with Gasteiger partial charge >= 0.3 is 5.97 Å². The van der Waals surface area contributed by atoms with E-state index in [4.69, 9.17) is 33.2 Å². The molecule has 7 N–H and O–H groups in total. The lowest BCUT2D eigenvalue weighted by molar-refractivity contribution is -0.335. The fourth-order valence-electron chi connectivity index (χ4n) is 10.0. The molecule has 0 amide bonds. The first-order valence-electron chi connectivity index (χ1n) is 23.5. The zero-order valence-electron chi connectivity index (χ0n) is 41.3. The first kappa shape index (κ1) is 55.6. The Morgan fingerprint density at radius 3 is 2.15 bits per heavy atom. The Kier molecular flexibility index (Phi) is 19.3. The summed E-state index contributed by atoms with van der Waals surface area (Å²) in [6.45, 7) is 20.7. The number of esters is 1. The SMILES string of the molecule is CCCNC[C@]1(O)[C@H](C)O[C@@H](O[C@H]2[C@H](C)[C@@H](O[C@@H]3O[C@H](C)C[C@H](NC)[C@H]3Oc3ccc(S(C)(=O)=O)cc3)[C@](C)(O)C[C@@H](C)CN[C@H](C)[C@@H](O)[C@](C)(O)[C@@H](CC)OC(=O)[C@@H]2C)C[C@@]1(C)OC. The number of nitrogens with one attached hydrogen (secondary N) is 3. The molecule has 376 valence electrons. The van der Waals surface area contributed by atoms with E-state index >= 15 is 0 Å². The third kappa shape index (κ3) is 13.0. The minimum absolute atomic E-state index is 0.0608. The molecule has 3 aliphatic rings. The third-order valence-electron chi connectivity index (χ3n) is 14.3. The van der Waals surface area contributed by atoms with Crippen LogP contribution in [0, 0.1) is 17.8 Å². The molecule has 65 heavy (non-hydrogen) atoms. The van der Waals surface area contributed by atoms with Crippen molar-refractivity contribution in [3.05, 3.63) is 24.3 Å². The summed E-state index contributed by atoms with van der Waals surface area (Å²) in [6.07, 6.45) is -5.79. The van der Waals surface area contributed by atoms with E-state index in [2.05, 4.69) is 16.0 Å². The summed E-state index contributed by atoms with van der Waals surface area (Å²) < 4.78 is 70.3. The number of cyclic esters (lactones) is 1. The normalized spacial score (nSPS) is 43.0. The molecule has 0 spiro atoms. The van der Waals surface area contributed by atoms with Crippen molar-refractivity contribution in [2.75, 3.05) is 40.0 Å². The van der Waals surface area contributed by atoms with Gasteiger partial charge in [0.1, 0.15) is 34.8 Å². The second kappa shape index (κ2) is 22.6. The lowest BCUT2D eigenvalue weighted by Gasteiger charge is -2.53. The van der Waals surface area contributed by atoms with Gasteiger partial charge in [-0.2, -0.15) is 0 Å². The lowest BCUT2D eigenvalue weighted by Crippen LogP contribution is -2.70. The minimum Gasteiger partial charge on any atom is -0.483 e. The number of methoxy groups -OCH3 is 1. The molecular weight excluding hydrogens is 863 g/mol. The summed E-state index contributed by atoms with van der Waals surface area (Å²) >= 11 is 0. The number of hydrogen-bond donors (Lipinski definition) is 7. The van der Waals surface area contributed by atoms with Crippen molar-refractivity contribution in [2.24, 2.45) is 17.8 Å². The topological polar surface area (TPSA) is 233 Å². The number of carbonyl (C=O) groups is 1. The number of benzene rings is 1. The lowest BCUT2D eigenvalue weighted by atomic mass is 9.75. The van der Waals surface area contributed by atoms with Crippen molar-refractivity contribution >= 4 is 15.8 Å². The number of likely N-dealkylation sites (N-methyl/N-ethyl adjacent to an activating group) is 1. The number of aliphatic hydroxyl groups is 4. The molecular formula is C47H83N3O14S. The van der Waals surface area contributed by atoms with Gasteiger partial charge in [0, 0.05) is 38.3 Å². The largest absolute Gasteiger partial charge is 0.483 e. The number of aliphatic hydroxyl groups excluding tert-OH is 1. The summed E-state index contributed by atoms with van der Waals surface area (Å²) in [5, 5.41) is 58.2. The highest BCUT2D eigenvalue weighted by molar-refractivity contribution is 7.90. The molecule has 3 fully saturated rings. The average molecular weight is 946 g/mol. The maximum Gasteiger partial charge on any atom is 0.311 e. The van der Waals surface area contributed by atoms with Gasteiger partial charge in [-0.3, -0.25) is 4.79 Å². The summed E-state index contributed by atoms with van der Waals surface area (Å²) in [5.41, 5.74) is -6.13. The van der Waals surface area contributed by atoms with Crippen LogP contribution in [0.25, 0.3) is 0 Å². The molecule has 0 aliphatic carbocycles. The van der Waals surface area contributed by atoms with E-state index in [1.54, 1.807) is 60.7 Å². The summed E-state index contributed by atoms with van der Waals surface area (Å²) in [7, 11) is -0.138. The number of hydrogen-bond acceptors (Lipinski definition) is 17. The highest BCUT2D eigenvalue weighted by atomic mass is 32.2. The van der Waals surface area contributed by atoms with Gasteiger partial charge in [-0.15, -0.1) is 0 Å². The third-order valence-corrected chi connectivity index (χ3v) is 15.4. The van der Waals surface area contributed by atoms with Crippen LogP contribution >= 0.6 is 0 Å². The van der Waals surface area contributed by atoms with Crippen molar-refractivity contribution in [2.45, 2.75) is 203 Å². The molecule has 18 atom stereocenters.